The summed E-state index contributed by atoms with van der Waals surface area (Å²) in [6, 6.07) is 27.6. The minimum absolute atomic E-state index is 0.622. The first kappa shape index (κ1) is 25.3. The monoisotopic (exact) mass is 479 g/mol. The van der Waals surface area contributed by atoms with Crippen LogP contribution in [0, 0.1) is 0 Å². The third kappa shape index (κ3) is 7.33. The number of allylic oxidation sites excluding steroid dienone is 2. The highest BCUT2D eigenvalue weighted by molar-refractivity contribution is 5.74. The summed E-state index contributed by atoms with van der Waals surface area (Å²) < 4.78 is 0. The first-order valence-electron chi connectivity index (χ1n) is 12.6. The van der Waals surface area contributed by atoms with E-state index in [4.69, 9.17) is 0 Å². The van der Waals surface area contributed by atoms with Gasteiger partial charge in [-0.15, -0.1) is 0 Å². The van der Waals surface area contributed by atoms with E-state index in [0.29, 0.717) is 5.82 Å². The van der Waals surface area contributed by atoms with E-state index in [1.165, 1.54) is 22.4 Å². The van der Waals surface area contributed by atoms with Crippen LogP contribution in [-0.2, 0) is 13.0 Å². The lowest BCUT2D eigenvalue weighted by Crippen LogP contribution is -2.45. The molecule has 1 aliphatic heterocycles. The molecule has 1 aliphatic rings. The van der Waals surface area contributed by atoms with E-state index in [0.717, 1.165) is 50.5 Å². The summed E-state index contributed by atoms with van der Waals surface area (Å²) in [5.41, 5.74) is 7.31. The molecule has 5 nitrogen and oxygen atoms in total. The highest BCUT2D eigenvalue weighted by atomic mass is 15.3. The summed E-state index contributed by atoms with van der Waals surface area (Å²) in [7, 11) is 1.95. The van der Waals surface area contributed by atoms with Gasteiger partial charge in [0.05, 0.1) is 0 Å². The number of hydrogen-bond donors (Lipinski definition) is 2. The van der Waals surface area contributed by atoms with Gasteiger partial charge in [0, 0.05) is 63.0 Å². The van der Waals surface area contributed by atoms with Crippen molar-refractivity contribution in [2.45, 2.75) is 19.9 Å². The SMILES string of the molecule is C=C(/N=C\C=C(/C)Cc1ccccc1NC)Nc1ccc(N2CCN(Cc3ccccc3)CC2)cc1. The largest absolute Gasteiger partial charge is 0.388 e. The maximum absolute atomic E-state index is 4.46. The van der Waals surface area contributed by atoms with E-state index in [-0.39, 0.29) is 0 Å². The zero-order valence-electron chi connectivity index (χ0n) is 21.5. The van der Waals surface area contributed by atoms with Gasteiger partial charge in [0.2, 0.25) is 0 Å². The summed E-state index contributed by atoms with van der Waals surface area (Å²) >= 11 is 0. The lowest BCUT2D eigenvalue weighted by atomic mass is 10.0. The van der Waals surface area contributed by atoms with Crippen LogP contribution in [0.15, 0.2) is 108 Å². The molecule has 0 spiro atoms. The molecule has 1 fully saturated rings. The first-order chi connectivity index (χ1) is 17.6. The Kier molecular flexibility index (Phi) is 8.95. The molecule has 0 atom stereocenters. The summed E-state index contributed by atoms with van der Waals surface area (Å²) in [6.07, 6.45) is 4.74. The van der Waals surface area contributed by atoms with Gasteiger partial charge in [0.25, 0.3) is 0 Å². The average Bonchev–Trinajstić information content (AvgIpc) is 2.90. The van der Waals surface area contributed by atoms with E-state index < -0.39 is 0 Å². The second-order valence-electron chi connectivity index (χ2n) is 9.24. The van der Waals surface area contributed by atoms with Crippen LogP contribution < -0.4 is 15.5 Å². The third-order valence-electron chi connectivity index (χ3n) is 6.49. The summed E-state index contributed by atoms with van der Waals surface area (Å²) in [4.78, 5) is 9.44. The minimum atomic E-state index is 0.622. The van der Waals surface area contributed by atoms with E-state index in [1.807, 2.05) is 25.4 Å². The molecule has 0 radical (unpaired) electrons. The van der Waals surface area contributed by atoms with Crippen molar-refractivity contribution in [2.75, 3.05) is 48.8 Å². The molecule has 186 valence electrons. The fourth-order valence-electron chi connectivity index (χ4n) is 4.49. The van der Waals surface area contributed by atoms with Gasteiger partial charge < -0.3 is 15.5 Å². The molecule has 0 aromatic heterocycles. The standard InChI is InChI=1S/C31H37N5/c1-25(23-28-11-7-8-12-31(28)32-3)17-18-33-26(2)34-29-13-15-30(16-14-29)36-21-19-35(20-22-36)24-27-9-5-4-6-10-27/h4-18,32,34H,2,19-24H2,1,3H3/b25-17+,33-18-. The van der Waals surface area contributed by atoms with Gasteiger partial charge in [0.1, 0.15) is 5.82 Å². The number of nitrogens with one attached hydrogen (secondary N) is 2. The minimum Gasteiger partial charge on any atom is -0.388 e. The highest BCUT2D eigenvalue weighted by Gasteiger charge is 2.17. The maximum atomic E-state index is 4.46. The molecular formula is C31H37N5. The van der Waals surface area contributed by atoms with Gasteiger partial charge in [-0.1, -0.05) is 60.7 Å². The number of piperazine rings is 1. The molecule has 5 heteroatoms. The van der Waals surface area contributed by atoms with Gasteiger partial charge in [-0.25, -0.2) is 4.99 Å². The first-order valence-corrected chi connectivity index (χ1v) is 12.6. The number of anilines is 3. The second-order valence-corrected chi connectivity index (χ2v) is 9.24. The number of aliphatic imine (C=N–C) groups is 1. The molecule has 3 aromatic rings. The topological polar surface area (TPSA) is 42.9 Å². The van der Waals surface area contributed by atoms with Crippen molar-refractivity contribution in [3.05, 3.63) is 114 Å². The molecule has 1 heterocycles. The van der Waals surface area contributed by atoms with Gasteiger partial charge in [-0.05, 0) is 60.9 Å². The Morgan fingerprint density at radius 2 is 1.61 bits per heavy atom. The number of hydrogen-bond acceptors (Lipinski definition) is 5. The predicted octanol–water partition coefficient (Wildman–Crippen LogP) is 6.19. The van der Waals surface area contributed by atoms with Gasteiger partial charge >= 0.3 is 0 Å². The molecule has 36 heavy (non-hydrogen) atoms. The van der Waals surface area contributed by atoms with Crippen LogP contribution in [-0.4, -0.2) is 44.3 Å². The smallest absolute Gasteiger partial charge is 0.122 e. The second kappa shape index (κ2) is 12.8. The van der Waals surface area contributed by atoms with Crippen LogP contribution in [0.3, 0.4) is 0 Å². The van der Waals surface area contributed by atoms with Crippen molar-refractivity contribution in [1.82, 2.24) is 4.90 Å². The van der Waals surface area contributed by atoms with E-state index >= 15 is 0 Å². The van der Waals surface area contributed by atoms with Crippen molar-refractivity contribution in [1.29, 1.82) is 0 Å². The number of nitrogens with zero attached hydrogens (tertiary/aromatic N) is 3. The molecule has 0 bridgehead atoms. The number of benzene rings is 3. The summed E-state index contributed by atoms with van der Waals surface area (Å²) in [5.74, 6) is 0.622. The quantitative estimate of drug-likeness (QED) is 0.340. The molecule has 3 aromatic carbocycles. The van der Waals surface area contributed by atoms with Crippen LogP contribution in [0.2, 0.25) is 0 Å². The molecule has 0 aliphatic carbocycles. The fourth-order valence-corrected chi connectivity index (χ4v) is 4.49. The number of para-hydroxylation sites is 1. The fraction of sp³-hybridized carbons (Fsp3) is 0.258. The van der Waals surface area contributed by atoms with Gasteiger partial charge in [-0.3, -0.25) is 4.90 Å². The lowest BCUT2D eigenvalue weighted by molar-refractivity contribution is 0.250. The zero-order valence-corrected chi connectivity index (χ0v) is 21.5. The van der Waals surface area contributed by atoms with Gasteiger partial charge in [0.15, 0.2) is 0 Å². The van der Waals surface area contributed by atoms with Crippen molar-refractivity contribution < 1.29 is 0 Å². The Morgan fingerprint density at radius 1 is 0.917 bits per heavy atom. The van der Waals surface area contributed by atoms with Crippen LogP contribution in [0.5, 0.6) is 0 Å². The summed E-state index contributed by atoms with van der Waals surface area (Å²) in [5, 5.41) is 6.54. The molecule has 0 saturated carbocycles. The Bertz CT molecular complexity index is 1170. The average molecular weight is 480 g/mol. The van der Waals surface area contributed by atoms with E-state index in [2.05, 4.69) is 112 Å². The van der Waals surface area contributed by atoms with E-state index in [1.54, 1.807) is 0 Å². The molecule has 0 unspecified atom stereocenters. The van der Waals surface area contributed by atoms with Crippen LogP contribution in [0.4, 0.5) is 17.1 Å². The van der Waals surface area contributed by atoms with E-state index in [9.17, 15) is 0 Å². The van der Waals surface area contributed by atoms with Crippen molar-refractivity contribution >= 4 is 23.3 Å². The Labute approximate surface area is 215 Å². The van der Waals surface area contributed by atoms with Crippen LogP contribution >= 0.6 is 0 Å². The Hall–Kier alpha value is -3.83. The van der Waals surface area contributed by atoms with Crippen molar-refractivity contribution in [3.8, 4) is 0 Å². The maximum Gasteiger partial charge on any atom is 0.122 e. The molecule has 4 rings (SSSR count). The number of rotatable bonds is 10. The Balaban J connectivity index is 1.23. The lowest BCUT2D eigenvalue weighted by Gasteiger charge is -2.36. The van der Waals surface area contributed by atoms with Crippen LogP contribution in [0.25, 0.3) is 0 Å². The normalized spacial score (nSPS) is 14.7. The predicted molar refractivity (Wildman–Crippen MR) is 155 cm³/mol. The zero-order chi connectivity index (χ0) is 25.2. The third-order valence-corrected chi connectivity index (χ3v) is 6.49. The van der Waals surface area contributed by atoms with Gasteiger partial charge in [-0.2, -0.15) is 0 Å². The molecule has 1 saturated heterocycles. The van der Waals surface area contributed by atoms with Crippen molar-refractivity contribution in [3.63, 3.8) is 0 Å². The summed E-state index contributed by atoms with van der Waals surface area (Å²) in [6.45, 7) is 11.4. The van der Waals surface area contributed by atoms with Crippen molar-refractivity contribution in [2.24, 2.45) is 4.99 Å². The molecular weight excluding hydrogens is 442 g/mol. The van der Waals surface area contributed by atoms with Crippen LogP contribution in [0.1, 0.15) is 18.1 Å². The highest BCUT2D eigenvalue weighted by Crippen LogP contribution is 2.21. The Morgan fingerprint density at radius 3 is 2.33 bits per heavy atom. The molecule has 2 N–H and O–H groups in total. The molecule has 0 amide bonds.